The van der Waals surface area contributed by atoms with Crippen molar-refractivity contribution in [1.29, 1.82) is 0 Å². The Morgan fingerprint density at radius 1 is 0.400 bits per heavy atom. The summed E-state index contributed by atoms with van der Waals surface area (Å²) in [7, 11) is 0. The van der Waals surface area contributed by atoms with Crippen LogP contribution in [-0.2, 0) is 22.1 Å². The summed E-state index contributed by atoms with van der Waals surface area (Å²) in [6.45, 7) is 20.2. The fraction of sp³-hybridized carbons (Fsp3) is 1.00. The van der Waals surface area contributed by atoms with Crippen molar-refractivity contribution in [3.05, 3.63) is 0 Å². The second kappa shape index (κ2) is 39.3. The number of unbranched alkanes of at least 4 members (excludes halogenated alkanes) is 21. The first-order valence-electron chi connectivity index (χ1n) is 20.7. The predicted molar refractivity (Wildman–Crippen MR) is 196 cm³/mol. The Bertz CT molecular complexity index is 472. The quantitative estimate of drug-likeness (QED) is 0.0476. The normalized spacial score (nSPS) is 12.3. The van der Waals surface area contributed by atoms with Gasteiger partial charge in [-0.05, 0) is 0 Å². The molecule has 1 unspecified atom stereocenters. The van der Waals surface area contributed by atoms with Gasteiger partial charge in [-0.2, -0.15) is 0 Å². The molecule has 0 radical (unpaired) electrons. The van der Waals surface area contributed by atoms with Crippen LogP contribution in [0.2, 0.25) is 0 Å². The molecular weight excluding hydrogens is 608 g/mol. The molecule has 0 fully saturated rings. The van der Waals surface area contributed by atoms with Crippen LogP contribution in [0, 0.1) is 5.92 Å². The van der Waals surface area contributed by atoms with E-state index in [1.54, 1.807) is 0 Å². The first-order valence-corrected chi connectivity index (χ1v) is 22.7. The molecule has 0 saturated carbocycles. The van der Waals surface area contributed by atoms with Crippen molar-refractivity contribution in [2.75, 3.05) is 32.8 Å². The molecule has 3 nitrogen and oxygen atoms in total. The summed E-state index contributed by atoms with van der Waals surface area (Å²) in [4.78, 5) is 0. The Balaban J connectivity index is 0. The van der Waals surface area contributed by atoms with Crippen molar-refractivity contribution in [2.24, 2.45) is 5.92 Å². The number of halogens is 1. The molecule has 0 aromatic heterocycles. The fourth-order valence-corrected chi connectivity index (χ4v) is 10.4. The summed E-state index contributed by atoms with van der Waals surface area (Å²) in [5.41, 5.74) is 0. The van der Waals surface area contributed by atoms with Crippen LogP contribution in [0.4, 0.5) is 0 Å². The molecule has 0 heterocycles. The molecule has 0 rings (SSSR count). The van der Waals surface area contributed by atoms with Gasteiger partial charge in [-0.25, -0.2) is 0 Å². The molecule has 0 bridgehead atoms. The second-order valence-corrected chi connectivity index (χ2v) is 17.4. The summed E-state index contributed by atoms with van der Waals surface area (Å²) in [6, 6.07) is 0. The van der Waals surface area contributed by atoms with Gasteiger partial charge in [0.25, 0.3) is 0 Å². The largest absolute Gasteiger partial charge is 1.00 e. The summed E-state index contributed by atoms with van der Waals surface area (Å²) >= 11 is -2.03. The molecule has 272 valence electrons. The maximum Gasteiger partial charge on any atom is -1.00 e. The van der Waals surface area contributed by atoms with E-state index in [9.17, 15) is 0 Å². The van der Waals surface area contributed by atoms with Crippen molar-refractivity contribution in [3.63, 3.8) is 0 Å². The van der Waals surface area contributed by atoms with E-state index in [4.69, 9.17) is 3.32 Å². The third kappa shape index (κ3) is 30.7. The van der Waals surface area contributed by atoms with Gasteiger partial charge in [-0.3, -0.25) is 0 Å². The van der Waals surface area contributed by atoms with E-state index in [1.807, 2.05) is 0 Å². The molecular formula is C40H85ClN2OTi. The van der Waals surface area contributed by atoms with Crippen molar-refractivity contribution < 1.29 is 34.5 Å². The number of nitrogens with zero attached hydrogens (tertiary/aromatic N) is 2. The molecule has 0 amide bonds. The molecule has 0 N–H and O–H groups in total. The summed E-state index contributed by atoms with van der Waals surface area (Å²) in [5.74, 6) is 0.743. The third-order valence-electron chi connectivity index (χ3n) is 9.66. The molecule has 0 saturated heterocycles. The Morgan fingerprint density at radius 3 is 0.978 bits per heavy atom. The number of hydrogen-bond donors (Lipinski definition) is 0. The number of rotatable bonds is 37. The Morgan fingerprint density at radius 2 is 0.689 bits per heavy atom. The van der Waals surface area contributed by atoms with E-state index < -0.39 is 18.8 Å². The summed E-state index contributed by atoms with van der Waals surface area (Å²) in [6.07, 6.45) is 38.8. The van der Waals surface area contributed by atoms with Crippen LogP contribution in [0.3, 0.4) is 0 Å². The van der Waals surface area contributed by atoms with Gasteiger partial charge in [0.2, 0.25) is 0 Å². The second-order valence-electron chi connectivity index (χ2n) is 14.1. The first-order chi connectivity index (χ1) is 21.7. The summed E-state index contributed by atoms with van der Waals surface area (Å²) in [5, 5.41) is 0. The van der Waals surface area contributed by atoms with Crippen molar-refractivity contribution >= 4 is 0 Å². The molecule has 0 aromatic rings. The maximum atomic E-state index is 7.32. The minimum absolute atomic E-state index is 0. The van der Waals surface area contributed by atoms with E-state index in [2.05, 4.69) is 48.3 Å². The molecule has 0 aliphatic rings. The zero-order valence-corrected chi connectivity index (χ0v) is 34.4. The smallest absolute Gasteiger partial charge is 1.00 e. The topological polar surface area (TPSA) is 15.7 Å². The zero-order valence-electron chi connectivity index (χ0n) is 32.1. The predicted octanol–water partition coefficient (Wildman–Crippen LogP) is 10.6. The third-order valence-corrected chi connectivity index (χ3v) is 13.4. The van der Waals surface area contributed by atoms with Crippen LogP contribution in [0.25, 0.3) is 0 Å². The van der Waals surface area contributed by atoms with Crippen molar-refractivity contribution in [3.8, 4) is 0 Å². The van der Waals surface area contributed by atoms with Crippen LogP contribution in [0.15, 0.2) is 0 Å². The fourth-order valence-electron chi connectivity index (χ4n) is 6.41. The summed E-state index contributed by atoms with van der Waals surface area (Å²) < 4.78 is 13.3. The van der Waals surface area contributed by atoms with Crippen LogP contribution in [0.1, 0.15) is 221 Å². The molecule has 1 atom stereocenters. The van der Waals surface area contributed by atoms with E-state index in [0.29, 0.717) is 0 Å². The van der Waals surface area contributed by atoms with Gasteiger partial charge in [0.15, 0.2) is 0 Å². The molecule has 0 aliphatic heterocycles. The van der Waals surface area contributed by atoms with Gasteiger partial charge in [0, 0.05) is 0 Å². The average molecular weight is 693 g/mol. The molecule has 0 spiro atoms. The minimum atomic E-state index is -2.03. The standard InChI is InChI=1S/2C16H34N.C8H17O.ClH.Ti/c2*1-3-5-7-9-11-13-15-17-16-14-12-10-8-6-4-2;1-3-5-6-8(4-2)7-9;;/h2*3-16H2,1-2H3;8H,3-7H2,1-2H3;1H;/q3*-1;;+4/p-1. The van der Waals surface area contributed by atoms with Crippen molar-refractivity contribution in [2.45, 2.75) is 221 Å². The molecule has 5 heteroatoms. The van der Waals surface area contributed by atoms with Gasteiger partial charge in [0.05, 0.1) is 0 Å². The van der Waals surface area contributed by atoms with E-state index in [0.717, 1.165) is 12.5 Å². The molecule has 0 aromatic carbocycles. The van der Waals surface area contributed by atoms with Gasteiger partial charge < -0.3 is 12.4 Å². The van der Waals surface area contributed by atoms with Crippen molar-refractivity contribution in [1.82, 2.24) is 6.76 Å². The zero-order chi connectivity index (χ0) is 32.4. The minimum Gasteiger partial charge on any atom is -1.00 e. The number of hydrogen-bond acceptors (Lipinski definition) is 3. The Labute approximate surface area is 299 Å². The maximum absolute atomic E-state index is 7.32. The van der Waals surface area contributed by atoms with Crippen LogP contribution >= 0.6 is 0 Å². The van der Waals surface area contributed by atoms with E-state index >= 15 is 0 Å². The molecule has 45 heavy (non-hydrogen) atoms. The van der Waals surface area contributed by atoms with Gasteiger partial charge >= 0.3 is 289 Å². The van der Waals surface area contributed by atoms with Crippen LogP contribution < -0.4 is 12.4 Å². The van der Waals surface area contributed by atoms with Gasteiger partial charge in [-0.15, -0.1) is 0 Å². The van der Waals surface area contributed by atoms with Gasteiger partial charge in [0.1, 0.15) is 0 Å². The SMILES string of the molecule is CCCCCCCC[N](CCCCCCCC)[Ti+]([O]CC(CC)CCCC)[N](CCCCCCCC)CCCCCCCC.[Cl-]. The average Bonchev–Trinajstić information content (AvgIpc) is 3.04. The van der Waals surface area contributed by atoms with Crippen LogP contribution in [-0.4, -0.2) is 39.5 Å². The Hall–Kier alpha value is 0.884. The van der Waals surface area contributed by atoms with E-state index in [1.165, 1.54) is 206 Å². The van der Waals surface area contributed by atoms with Crippen LogP contribution in [0.5, 0.6) is 0 Å². The monoisotopic (exact) mass is 693 g/mol. The molecule has 0 aliphatic carbocycles. The first kappa shape index (κ1) is 48.0. The van der Waals surface area contributed by atoms with Gasteiger partial charge in [-0.1, -0.05) is 0 Å². The van der Waals surface area contributed by atoms with E-state index in [-0.39, 0.29) is 12.4 Å². The Kier molecular flexibility index (Phi) is 41.9.